The van der Waals surface area contributed by atoms with Gasteiger partial charge in [0.05, 0.1) is 0 Å². The molecule has 3 nitrogen and oxygen atoms in total. The summed E-state index contributed by atoms with van der Waals surface area (Å²) in [7, 11) is 0. The van der Waals surface area contributed by atoms with Crippen LogP contribution in [0.3, 0.4) is 0 Å². The zero-order chi connectivity index (χ0) is 67.1. The number of hydrogen-bond acceptors (Lipinski definition) is 3. The maximum Gasteiger partial charge on any atom is 0.156 e. The van der Waals surface area contributed by atoms with Crippen LogP contribution in [0.4, 0.5) is 0 Å². The van der Waals surface area contributed by atoms with Gasteiger partial charge in [-0.25, -0.2) is 0 Å². The summed E-state index contributed by atoms with van der Waals surface area (Å²) in [5.74, 6) is 24.9. The minimum Gasteiger partial charge on any atom is -0.295 e. The fourth-order valence-electron chi connectivity index (χ4n) is 36.3. The van der Waals surface area contributed by atoms with Gasteiger partial charge in [0.15, 0.2) is 6.71 Å². The largest absolute Gasteiger partial charge is 0.295 e. The first-order chi connectivity index (χ1) is 48.9. The van der Waals surface area contributed by atoms with Gasteiger partial charge in [-0.3, -0.25) is 14.7 Å². The van der Waals surface area contributed by atoms with Gasteiger partial charge in [-0.15, -0.1) is 0 Å². The van der Waals surface area contributed by atoms with Crippen LogP contribution in [0.1, 0.15) is 388 Å². The molecule has 562 valence electrons. The van der Waals surface area contributed by atoms with E-state index in [1.807, 2.05) is 0 Å². The molecule has 27 atom stereocenters. The lowest BCUT2D eigenvalue weighted by molar-refractivity contribution is -0.158. The average molecular weight is 1370 g/mol. The molecule has 0 N–H and O–H groups in total. The molecule has 19 rings (SSSR count). The Morgan fingerprint density at radius 3 is 1.13 bits per heavy atom. The molecule has 100 heavy (non-hydrogen) atoms. The van der Waals surface area contributed by atoms with Crippen molar-refractivity contribution in [3.05, 3.63) is 0 Å². The second-order valence-electron chi connectivity index (χ2n) is 45.5. The van der Waals surface area contributed by atoms with Crippen LogP contribution in [0.5, 0.6) is 0 Å². The summed E-state index contributed by atoms with van der Waals surface area (Å²) in [6.07, 6.45) is 85.6. The van der Waals surface area contributed by atoms with Crippen LogP contribution in [0.2, 0.25) is 17.5 Å². The zero-order valence-electron chi connectivity index (χ0n) is 66.7. The third-order valence-corrected chi connectivity index (χ3v) is 39.9. The van der Waals surface area contributed by atoms with Crippen LogP contribution in [-0.4, -0.2) is 75.8 Å². The smallest absolute Gasteiger partial charge is 0.156 e. The maximum absolute atomic E-state index is 4.06. The molecule has 0 radical (unpaired) electrons. The van der Waals surface area contributed by atoms with Crippen molar-refractivity contribution in [3.8, 4) is 0 Å². The molecule has 3 aliphatic heterocycles. The molecule has 0 aromatic carbocycles. The van der Waals surface area contributed by atoms with E-state index in [1.165, 1.54) is 32.1 Å². The molecule has 0 aromatic heterocycles. The molecule has 0 aromatic rings. The average Bonchev–Trinajstić information content (AvgIpc) is 0.750. The second kappa shape index (κ2) is 29.3. The van der Waals surface area contributed by atoms with Crippen LogP contribution in [0.25, 0.3) is 0 Å². The number of rotatable bonds is 9. The lowest BCUT2D eigenvalue weighted by atomic mass is 9.18. The predicted octanol–water partition coefficient (Wildman–Crippen LogP) is 25.8. The Bertz CT molecular complexity index is 2600. The van der Waals surface area contributed by atoms with Crippen molar-refractivity contribution in [2.45, 2.75) is 460 Å². The summed E-state index contributed by atoms with van der Waals surface area (Å²) >= 11 is 0. The molecule has 0 bridgehead atoms. The van der Waals surface area contributed by atoms with Crippen LogP contribution in [0, 0.1) is 141 Å². The van der Waals surface area contributed by atoms with E-state index in [2.05, 4.69) is 56.2 Å². The van der Waals surface area contributed by atoms with E-state index >= 15 is 0 Å². The van der Waals surface area contributed by atoms with Gasteiger partial charge in [0.2, 0.25) is 0 Å². The summed E-state index contributed by atoms with van der Waals surface area (Å²) in [6.45, 7) is 17.3. The maximum atomic E-state index is 4.06. The first kappa shape index (κ1) is 70.3. The minimum atomic E-state index is 0.438. The third-order valence-electron chi connectivity index (χ3n) is 39.9. The Kier molecular flexibility index (Phi) is 20.6. The van der Waals surface area contributed by atoms with E-state index in [-0.39, 0.29) is 0 Å². The van der Waals surface area contributed by atoms with Crippen LogP contribution < -0.4 is 0 Å². The topological polar surface area (TPSA) is 9.72 Å². The highest BCUT2D eigenvalue weighted by Crippen LogP contribution is 2.71. The minimum absolute atomic E-state index is 0.438. The Morgan fingerprint density at radius 1 is 0.220 bits per heavy atom. The molecule has 16 aliphatic carbocycles. The summed E-state index contributed by atoms with van der Waals surface area (Å²) in [4.78, 5) is 11.7. The number of fused-ring (bicyclic) bond motifs is 7. The summed E-state index contributed by atoms with van der Waals surface area (Å²) < 4.78 is 0. The Balaban J connectivity index is 0.801. The molecule has 0 spiro atoms. The molecule has 4 heteroatoms. The van der Waals surface area contributed by atoms with Crippen molar-refractivity contribution in [2.75, 3.05) is 0 Å². The SMILES string of the molecule is CC(C)(C)C1CC2CCC3CC(C(C)(C)C)CC4C(C5CCC6B7C8CC(C9CCCCC9)CCC8N(C8C(C9CCCCC9)CCCC8C8CCCCC8)C8CC(N9C%10CCCCC%10C%10CCCCC%109)CC(C78)N(C7C(C8CCCCC8)CCCC7C7CCCCC7)C6C5)CC(C1)C2C34. The van der Waals surface area contributed by atoms with Crippen molar-refractivity contribution >= 4 is 6.71 Å². The lowest BCUT2D eigenvalue weighted by Crippen LogP contribution is -2.78. The highest BCUT2D eigenvalue weighted by atomic mass is 15.3. The van der Waals surface area contributed by atoms with Gasteiger partial charge in [0, 0.05) is 54.4 Å². The number of likely N-dealkylation sites (tertiary alicyclic amines) is 1. The number of hydrogen-bond donors (Lipinski definition) is 0. The number of nitrogens with zero attached hydrogens (tertiary/aromatic N) is 3. The highest BCUT2D eigenvalue weighted by molar-refractivity contribution is 6.65. The predicted molar refractivity (Wildman–Crippen MR) is 422 cm³/mol. The van der Waals surface area contributed by atoms with E-state index in [4.69, 9.17) is 0 Å². The molecule has 19 fully saturated rings. The first-order valence-corrected chi connectivity index (χ1v) is 48.2. The van der Waals surface area contributed by atoms with Gasteiger partial charge >= 0.3 is 0 Å². The molecular weight excluding hydrogens is 1210 g/mol. The van der Waals surface area contributed by atoms with Crippen molar-refractivity contribution in [2.24, 2.45) is 141 Å². The van der Waals surface area contributed by atoms with Gasteiger partial charge < -0.3 is 0 Å². The summed E-state index contributed by atoms with van der Waals surface area (Å²) in [5, 5.41) is 0. The molecule has 16 saturated carbocycles. The van der Waals surface area contributed by atoms with Gasteiger partial charge in [0.25, 0.3) is 0 Å². The van der Waals surface area contributed by atoms with Gasteiger partial charge in [-0.1, -0.05) is 260 Å². The van der Waals surface area contributed by atoms with Gasteiger partial charge in [-0.2, -0.15) is 0 Å². The molecule has 3 saturated heterocycles. The molecular formula is C96H160BN3. The van der Waals surface area contributed by atoms with Crippen molar-refractivity contribution < 1.29 is 0 Å². The van der Waals surface area contributed by atoms with Crippen LogP contribution in [0.15, 0.2) is 0 Å². The van der Waals surface area contributed by atoms with Crippen molar-refractivity contribution in [1.82, 2.24) is 14.7 Å². The lowest BCUT2D eigenvalue weighted by Gasteiger charge is -2.72. The van der Waals surface area contributed by atoms with Crippen LogP contribution >= 0.6 is 0 Å². The van der Waals surface area contributed by atoms with E-state index < -0.39 is 0 Å². The normalized spacial score (nSPS) is 50.1. The zero-order valence-corrected chi connectivity index (χ0v) is 66.7. The van der Waals surface area contributed by atoms with Crippen molar-refractivity contribution in [1.29, 1.82) is 0 Å². The summed E-state index contributed by atoms with van der Waals surface area (Å²) in [6, 6.07) is 7.79. The fraction of sp³-hybridized carbons (Fsp3) is 1.00. The van der Waals surface area contributed by atoms with Gasteiger partial charge in [-0.05, 0) is 287 Å². The monoisotopic (exact) mass is 1370 g/mol. The Labute approximate surface area is 618 Å². The van der Waals surface area contributed by atoms with Gasteiger partial charge in [0.1, 0.15) is 0 Å². The second-order valence-corrected chi connectivity index (χ2v) is 45.5. The van der Waals surface area contributed by atoms with E-state index in [1.54, 1.807) is 315 Å². The first-order valence-electron chi connectivity index (χ1n) is 48.2. The standard InChI is InChI=1S/C96H160BN3/c1-95(2,3)71-52-68-46-47-69-53-72(96(4,5)6)58-81-80(55-70(54-71)90(68)91(69)81)67-48-50-82-87(57-67)100(94-76(64-34-18-10-19-35-64)42-27-43-77(94)65-36-20-11-21-37-65)89-60-73(98-84-44-24-22-38-78(84)79-39-23-25-45-85(79)98)59-88-92(89)97(82)83-56-66(61-28-12-7-13-29-61)49-51-86(83)99(88)93-74(62-30-14-8-15-31-62)40-26-41-75(93)63-32-16-9-17-33-63/h61-94H,7-60H2,1-6H3. The molecule has 27 unspecified atom stereocenters. The van der Waals surface area contributed by atoms with E-state index in [0.29, 0.717) is 10.8 Å². The van der Waals surface area contributed by atoms with E-state index in [0.717, 1.165) is 209 Å². The van der Waals surface area contributed by atoms with Crippen molar-refractivity contribution in [3.63, 3.8) is 0 Å². The Hall–Kier alpha value is -0.0551. The highest BCUT2D eigenvalue weighted by Gasteiger charge is 2.70. The Morgan fingerprint density at radius 2 is 0.630 bits per heavy atom. The molecule has 3 heterocycles. The van der Waals surface area contributed by atoms with Crippen LogP contribution in [-0.2, 0) is 0 Å². The fourth-order valence-corrected chi connectivity index (χ4v) is 36.3. The summed E-state index contributed by atoms with van der Waals surface area (Å²) in [5.41, 5.74) is 0.889. The molecule has 0 amide bonds. The quantitative estimate of drug-likeness (QED) is 0.213. The third kappa shape index (κ3) is 12.7. The van der Waals surface area contributed by atoms with E-state index in [9.17, 15) is 0 Å². The molecule has 19 aliphatic rings.